The second-order valence-corrected chi connectivity index (χ2v) is 9.74. The molecule has 12 heteroatoms. The minimum absolute atomic E-state index is 0.146. The lowest BCUT2D eigenvalue weighted by molar-refractivity contribution is -0.192. The number of thiophene rings is 1. The van der Waals surface area contributed by atoms with Gasteiger partial charge in [-0.2, -0.15) is 18.2 Å². The van der Waals surface area contributed by atoms with Gasteiger partial charge in [-0.05, 0) is 65.5 Å². The molecular weight excluding hydrogens is 555 g/mol. The molecule has 2 heterocycles. The number of hydrogen-bond acceptors (Lipinski definition) is 7. The molecule has 0 fully saturated rings. The SMILES string of the molecule is CN(C)c1nc(Nc2ccc(NC(=O)c3ccc(-c4cccs4)cc3)cc2)nc2ccccc12.O=C(O)C(F)(F)F. The Morgan fingerprint density at radius 3 is 2.07 bits per heavy atom. The van der Waals surface area contributed by atoms with E-state index in [2.05, 4.69) is 26.7 Å². The van der Waals surface area contributed by atoms with Crippen molar-refractivity contribution in [1.29, 1.82) is 0 Å². The van der Waals surface area contributed by atoms with Crippen LogP contribution in [0, 0.1) is 0 Å². The fourth-order valence-corrected chi connectivity index (χ4v) is 4.39. The zero-order valence-electron chi connectivity index (χ0n) is 21.8. The van der Waals surface area contributed by atoms with Gasteiger partial charge < -0.3 is 20.6 Å². The van der Waals surface area contributed by atoms with Crippen molar-refractivity contribution >= 4 is 57.3 Å². The first-order chi connectivity index (χ1) is 19.5. The smallest absolute Gasteiger partial charge is 0.475 e. The van der Waals surface area contributed by atoms with Crippen LogP contribution in [0.3, 0.4) is 0 Å². The van der Waals surface area contributed by atoms with Gasteiger partial charge in [-0.25, -0.2) is 9.78 Å². The molecule has 0 bridgehead atoms. The van der Waals surface area contributed by atoms with Crippen LogP contribution in [0.25, 0.3) is 21.3 Å². The molecule has 5 aromatic rings. The molecule has 8 nitrogen and oxygen atoms in total. The Morgan fingerprint density at radius 1 is 0.854 bits per heavy atom. The molecule has 210 valence electrons. The van der Waals surface area contributed by atoms with E-state index in [1.54, 1.807) is 11.3 Å². The summed E-state index contributed by atoms with van der Waals surface area (Å²) in [6.07, 6.45) is -5.08. The van der Waals surface area contributed by atoms with E-state index in [4.69, 9.17) is 9.90 Å². The van der Waals surface area contributed by atoms with Gasteiger partial charge in [0.25, 0.3) is 5.91 Å². The fourth-order valence-electron chi connectivity index (χ4n) is 3.65. The van der Waals surface area contributed by atoms with Gasteiger partial charge in [-0.3, -0.25) is 4.79 Å². The number of benzene rings is 3. The van der Waals surface area contributed by atoms with Gasteiger partial charge in [0.2, 0.25) is 5.95 Å². The van der Waals surface area contributed by atoms with Crippen molar-refractivity contribution in [3.8, 4) is 10.4 Å². The molecule has 0 unspecified atom stereocenters. The monoisotopic (exact) mass is 579 g/mol. The van der Waals surface area contributed by atoms with Crippen molar-refractivity contribution < 1.29 is 27.9 Å². The first-order valence-electron chi connectivity index (χ1n) is 12.1. The lowest BCUT2D eigenvalue weighted by Gasteiger charge is -2.16. The number of amides is 1. The van der Waals surface area contributed by atoms with Crippen molar-refractivity contribution in [3.05, 3.63) is 95.9 Å². The topological polar surface area (TPSA) is 107 Å². The van der Waals surface area contributed by atoms with Gasteiger partial charge in [0.15, 0.2) is 0 Å². The number of carboxylic acids is 1. The molecule has 41 heavy (non-hydrogen) atoms. The molecule has 0 aliphatic carbocycles. The van der Waals surface area contributed by atoms with Gasteiger partial charge >= 0.3 is 12.1 Å². The van der Waals surface area contributed by atoms with Crippen molar-refractivity contribution in [2.75, 3.05) is 29.6 Å². The molecule has 0 atom stereocenters. The van der Waals surface area contributed by atoms with Gasteiger partial charge in [-0.15, -0.1) is 11.3 Å². The molecule has 0 saturated carbocycles. The van der Waals surface area contributed by atoms with E-state index in [0.29, 0.717) is 17.2 Å². The average molecular weight is 580 g/mol. The predicted molar refractivity (Wildman–Crippen MR) is 155 cm³/mol. The molecule has 5 rings (SSSR count). The second-order valence-electron chi connectivity index (χ2n) is 8.80. The van der Waals surface area contributed by atoms with Crippen LogP contribution in [-0.2, 0) is 4.79 Å². The summed E-state index contributed by atoms with van der Waals surface area (Å²) >= 11 is 1.68. The maximum Gasteiger partial charge on any atom is 0.490 e. The van der Waals surface area contributed by atoms with Crippen LogP contribution in [0.2, 0.25) is 0 Å². The highest BCUT2D eigenvalue weighted by Crippen LogP contribution is 2.27. The third-order valence-electron chi connectivity index (χ3n) is 5.60. The number of hydrogen-bond donors (Lipinski definition) is 3. The van der Waals surface area contributed by atoms with E-state index in [1.165, 1.54) is 4.88 Å². The lowest BCUT2D eigenvalue weighted by Crippen LogP contribution is -2.21. The number of para-hydroxylation sites is 1. The zero-order chi connectivity index (χ0) is 29.6. The molecule has 3 aromatic carbocycles. The molecule has 3 N–H and O–H groups in total. The summed E-state index contributed by atoms with van der Waals surface area (Å²) in [5.74, 6) is -1.54. The van der Waals surface area contributed by atoms with E-state index in [-0.39, 0.29) is 5.91 Å². The van der Waals surface area contributed by atoms with Crippen LogP contribution in [0.1, 0.15) is 10.4 Å². The largest absolute Gasteiger partial charge is 0.490 e. The molecule has 1 amide bonds. The number of alkyl halides is 3. The van der Waals surface area contributed by atoms with Gasteiger partial charge in [-0.1, -0.05) is 30.3 Å². The number of anilines is 4. The van der Waals surface area contributed by atoms with Crippen LogP contribution in [-0.4, -0.2) is 47.2 Å². The maximum atomic E-state index is 12.7. The highest BCUT2D eigenvalue weighted by molar-refractivity contribution is 7.13. The summed E-state index contributed by atoms with van der Waals surface area (Å²) in [6, 6.07) is 27.2. The Morgan fingerprint density at radius 2 is 1.49 bits per heavy atom. The summed E-state index contributed by atoms with van der Waals surface area (Å²) in [5, 5.41) is 16.4. The molecule has 0 spiro atoms. The molecule has 2 aromatic heterocycles. The number of aliphatic carboxylic acids is 1. The minimum atomic E-state index is -5.08. The summed E-state index contributed by atoms with van der Waals surface area (Å²) in [4.78, 5) is 34.0. The Labute approximate surface area is 237 Å². The van der Waals surface area contributed by atoms with E-state index in [9.17, 15) is 18.0 Å². The van der Waals surface area contributed by atoms with Crippen LogP contribution >= 0.6 is 11.3 Å². The summed E-state index contributed by atoms with van der Waals surface area (Å²) in [5.41, 5.74) is 4.14. The van der Waals surface area contributed by atoms with E-state index < -0.39 is 12.1 Å². The number of halogens is 3. The number of carboxylic acid groups (broad SMARTS) is 1. The molecular formula is C29H24F3N5O3S. The molecule has 0 aliphatic heterocycles. The van der Waals surface area contributed by atoms with Gasteiger partial charge in [0.05, 0.1) is 5.52 Å². The number of rotatable bonds is 6. The van der Waals surface area contributed by atoms with Crippen LogP contribution in [0.15, 0.2) is 90.3 Å². The highest BCUT2D eigenvalue weighted by Gasteiger charge is 2.38. The minimum Gasteiger partial charge on any atom is -0.475 e. The highest BCUT2D eigenvalue weighted by atomic mass is 32.1. The normalized spacial score (nSPS) is 10.9. The number of carbonyl (C=O) groups is 2. The van der Waals surface area contributed by atoms with Crippen LogP contribution in [0.5, 0.6) is 0 Å². The molecule has 0 saturated heterocycles. The fraction of sp³-hybridized carbons (Fsp3) is 0.103. The second kappa shape index (κ2) is 12.5. The summed E-state index contributed by atoms with van der Waals surface area (Å²) < 4.78 is 31.7. The first kappa shape index (κ1) is 29.0. The Hall–Kier alpha value is -4.97. The average Bonchev–Trinajstić information content (AvgIpc) is 3.49. The van der Waals surface area contributed by atoms with E-state index in [1.807, 2.05) is 103 Å². The lowest BCUT2D eigenvalue weighted by atomic mass is 10.1. The molecule has 0 aliphatic rings. The van der Waals surface area contributed by atoms with Crippen LogP contribution in [0.4, 0.5) is 36.3 Å². The Balaban J connectivity index is 0.000000493. The maximum absolute atomic E-state index is 12.7. The van der Waals surface area contributed by atoms with Gasteiger partial charge in [0, 0.05) is 41.3 Å². The third-order valence-corrected chi connectivity index (χ3v) is 6.52. The van der Waals surface area contributed by atoms with Crippen molar-refractivity contribution in [1.82, 2.24) is 9.97 Å². The van der Waals surface area contributed by atoms with E-state index in [0.717, 1.165) is 28.0 Å². The Bertz CT molecular complexity index is 1640. The summed E-state index contributed by atoms with van der Waals surface area (Å²) in [6.45, 7) is 0. The quantitative estimate of drug-likeness (QED) is 0.198. The van der Waals surface area contributed by atoms with Gasteiger partial charge in [0.1, 0.15) is 5.82 Å². The Kier molecular flexibility index (Phi) is 8.83. The molecule has 0 radical (unpaired) electrons. The number of aromatic nitrogens is 2. The number of fused-ring (bicyclic) bond motifs is 1. The number of nitrogens with zero attached hydrogens (tertiary/aromatic N) is 3. The number of carbonyl (C=O) groups excluding carboxylic acids is 1. The summed E-state index contributed by atoms with van der Waals surface area (Å²) in [7, 11) is 3.93. The third kappa shape index (κ3) is 7.57. The standard InChI is InChI=1S/C27H23N5OS.C2HF3O2/c1-32(2)25-22-6-3-4-7-23(22)30-27(31-25)29-21-15-13-20(14-16-21)28-26(33)19-11-9-18(10-12-19)24-8-5-17-34-24;3-2(4,5)1(6)7/h3-17H,1-2H3,(H,28,33)(H,29,30,31);(H,6,7). The zero-order valence-corrected chi connectivity index (χ0v) is 22.6. The van der Waals surface area contributed by atoms with E-state index >= 15 is 0 Å². The van der Waals surface area contributed by atoms with Crippen molar-refractivity contribution in [2.45, 2.75) is 6.18 Å². The predicted octanol–water partition coefficient (Wildman–Crippen LogP) is 7.05. The van der Waals surface area contributed by atoms with Crippen LogP contribution < -0.4 is 15.5 Å². The van der Waals surface area contributed by atoms with Crippen molar-refractivity contribution in [3.63, 3.8) is 0 Å². The van der Waals surface area contributed by atoms with Crippen molar-refractivity contribution in [2.24, 2.45) is 0 Å². The first-order valence-corrected chi connectivity index (χ1v) is 13.0. The number of nitrogens with one attached hydrogen (secondary N) is 2.